The third kappa shape index (κ3) is 3.18. The first-order chi connectivity index (χ1) is 12.5. The number of likely N-dealkylation sites (N-methyl/N-ethyl adjacent to an activating group) is 1. The molecule has 0 aromatic heterocycles. The molecule has 2 saturated heterocycles. The first kappa shape index (κ1) is 18.0. The number of carbonyl (C=O) groups excluding carboxylic acids is 2. The fourth-order valence-electron chi connectivity index (χ4n) is 5.11. The largest absolute Gasteiger partial charge is 0.453 e. The second-order valence-corrected chi connectivity index (χ2v) is 8.44. The number of methoxy groups -OCH3 is 1. The maximum absolute atomic E-state index is 12.9. The van der Waals surface area contributed by atoms with E-state index in [0.29, 0.717) is 24.4 Å². The van der Waals surface area contributed by atoms with Crippen molar-refractivity contribution >= 4 is 12.0 Å². The predicted octanol–water partition coefficient (Wildman–Crippen LogP) is 0.556. The summed E-state index contributed by atoms with van der Waals surface area (Å²) < 4.78 is 5.06. The second kappa shape index (κ2) is 6.98. The summed E-state index contributed by atoms with van der Waals surface area (Å²) in [7, 11) is 3.48. The maximum atomic E-state index is 12.9. The third-order valence-electron chi connectivity index (χ3n) is 6.59. The summed E-state index contributed by atoms with van der Waals surface area (Å²) in [5.41, 5.74) is 6.53. The summed E-state index contributed by atoms with van der Waals surface area (Å²) in [6.45, 7) is 3.61. The molecule has 0 aromatic carbocycles. The lowest BCUT2D eigenvalue weighted by Crippen LogP contribution is -2.68. The number of piperazine rings is 1. The molecule has 2 aliphatic carbocycles. The fraction of sp³-hybridized carbons (Fsp3) is 0.889. The molecule has 26 heavy (non-hydrogen) atoms. The van der Waals surface area contributed by atoms with E-state index in [1.54, 1.807) is 0 Å². The van der Waals surface area contributed by atoms with Crippen LogP contribution in [0.2, 0.25) is 0 Å². The van der Waals surface area contributed by atoms with E-state index in [1.807, 2.05) is 18.9 Å². The zero-order valence-electron chi connectivity index (χ0n) is 16.0. The number of rotatable bonds is 2. The van der Waals surface area contributed by atoms with Crippen molar-refractivity contribution in [3.05, 3.63) is 0 Å². The van der Waals surface area contributed by atoms with Gasteiger partial charge in [-0.25, -0.2) is 15.2 Å². The second-order valence-electron chi connectivity index (χ2n) is 8.44. The van der Waals surface area contributed by atoms with Gasteiger partial charge >= 0.3 is 6.09 Å². The number of hydrazine groups is 2. The summed E-state index contributed by atoms with van der Waals surface area (Å²) in [5.74, 6) is 1.01. The number of ether oxygens (including phenoxy) is 1. The Kier molecular flexibility index (Phi) is 4.83. The Balaban J connectivity index is 1.55. The first-order valence-electron chi connectivity index (χ1n) is 9.88. The molecule has 8 heteroatoms. The molecule has 0 spiro atoms. The molecule has 2 N–H and O–H groups in total. The number of fused-ring (bicyclic) bond motifs is 1. The molecule has 0 aromatic rings. The van der Waals surface area contributed by atoms with E-state index in [9.17, 15) is 9.59 Å². The van der Waals surface area contributed by atoms with Gasteiger partial charge in [-0.2, -0.15) is 5.53 Å². The lowest BCUT2D eigenvalue weighted by atomic mass is 9.75. The van der Waals surface area contributed by atoms with E-state index in [-0.39, 0.29) is 30.1 Å². The van der Waals surface area contributed by atoms with Crippen LogP contribution in [-0.2, 0) is 9.53 Å². The van der Waals surface area contributed by atoms with Crippen molar-refractivity contribution in [2.45, 2.75) is 63.2 Å². The van der Waals surface area contributed by atoms with Crippen molar-refractivity contribution < 1.29 is 14.3 Å². The van der Waals surface area contributed by atoms with Crippen molar-refractivity contribution in [2.24, 2.45) is 11.8 Å². The van der Waals surface area contributed by atoms with Crippen LogP contribution in [-0.4, -0.2) is 78.2 Å². The van der Waals surface area contributed by atoms with Crippen molar-refractivity contribution in [3.8, 4) is 0 Å². The quantitative estimate of drug-likeness (QED) is 0.745. The van der Waals surface area contributed by atoms with Gasteiger partial charge in [0.15, 0.2) is 0 Å². The molecule has 4 unspecified atom stereocenters. The van der Waals surface area contributed by atoms with Crippen LogP contribution in [0.1, 0.15) is 39.0 Å². The fourth-order valence-corrected chi connectivity index (χ4v) is 5.11. The number of hydrogen-bond acceptors (Lipinski definition) is 6. The van der Waals surface area contributed by atoms with E-state index in [1.165, 1.54) is 7.11 Å². The Morgan fingerprint density at radius 3 is 2.46 bits per heavy atom. The number of nitrogens with zero attached hydrogens (tertiary/aromatic N) is 3. The van der Waals surface area contributed by atoms with Gasteiger partial charge in [-0.05, 0) is 44.9 Å². The average molecular weight is 365 g/mol. The molecule has 2 heterocycles. The van der Waals surface area contributed by atoms with E-state index in [0.717, 1.165) is 38.6 Å². The van der Waals surface area contributed by atoms with Gasteiger partial charge < -0.3 is 9.64 Å². The molecule has 2 saturated carbocycles. The van der Waals surface area contributed by atoms with Crippen LogP contribution in [0.15, 0.2) is 0 Å². The zero-order chi connectivity index (χ0) is 18.4. The van der Waals surface area contributed by atoms with Crippen LogP contribution in [0.3, 0.4) is 0 Å². The number of amides is 2. The summed E-state index contributed by atoms with van der Waals surface area (Å²) in [5, 5.41) is 2.06. The predicted molar refractivity (Wildman–Crippen MR) is 95.7 cm³/mol. The van der Waals surface area contributed by atoms with Crippen LogP contribution in [0, 0.1) is 11.8 Å². The van der Waals surface area contributed by atoms with Gasteiger partial charge in [0.05, 0.1) is 25.2 Å². The molecule has 0 radical (unpaired) electrons. The van der Waals surface area contributed by atoms with Crippen LogP contribution in [0.4, 0.5) is 4.79 Å². The highest BCUT2D eigenvalue weighted by molar-refractivity contribution is 5.82. The highest BCUT2D eigenvalue weighted by atomic mass is 16.5. The van der Waals surface area contributed by atoms with E-state index in [2.05, 4.69) is 20.9 Å². The summed E-state index contributed by atoms with van der Waals surface area (Å²) >= 11 is 0. The minimum atomic E-state index is -0.259. The molecule has 4 aliphatic rings. The number of carbonyl (C=O) groups is 2. The lowest BCUT2D eigenvalue weighted by Gasteiger charge is -2.54. The molecule has 2 amide bonds. The van der Waals surface area contributed by atoms with Crippen molar-refractivity contribution in [1.82, 2.24) is 25.8 Å². The third-order valence-corrected chi connectivity index (χ3v) is 6.59. The van der Waals surface area contributed by atoms with Gasteiger partial charge in [0.2, 0.25) is 5.91 Å². The molecule has 4 fully saturated rings. The smallest absolute Gasteiger partial charge is 0.410 e. The first-order valence-corrected chi connectivity index (χ1v) is 9.88. The van der Waals surface area contributed by atoms with Gasteiger partial charge in [0, 0.05) is 32.1 Å². The van der Waals surface area contributed by atoms with Crippen molar-refractivity contribution in [1.29, 1.82) is 0 Å². The Bertz CT molecular complexity index is 569. The lowest BCUT2D eigenvalue weighted by molar-refractivity contribution is -0.144. The monoisotopic (exact) mass is 365 g/mol. The highest BCUT2D eigenvalue weighted by Gasteiger charge is 2.50. The zero-order valence-corrected chi connectivity index (χ0v) is 16.0. The highest BCUT2D eigenvalue weighted by Crippen LogP contribution is 2.40. The van der Waals surface area contributed by atoms with E-state index < -0.39 is 0 Å². The van der Waals surface area contributed by atoms with Gasteiger partial charge in [0.25, 0.3) is 0 Å². The summed E-state index contributed by atoms with van der Waals surface area (Å²) in [6, 6.07) is 0.548. The Morgan fingerprint density at radius 1 is 1.08 bits per heavy atom. The Morgan fingerprint density at radius 2 is 1.85 bits per heavy atom. The van der Waals surface area contributed by atoms with Gasteiger partial charge in [0.1, 0.15) is 0 Å². The van der Waals surface area contributed by atoms with E-state index >= 15 is 0 Å². The number of nitrogens with one attached hydrogen (secondary N) is 2. The van der Waals surface area contributed by atoms with Gasteiger partial charge in [-0.3, -0.25) is 9.69 Å². The van der Waals surface area contributed by atoms with E-state index in [4.69, 9.17) is 4.74 Å². The molecule has 5 atom stereocenters. The minimum absolute atomic E-state index is 0.000329. The van der Waals surface area contributed by atoms with Crippen LogP contribution in [0.5, 0.6) is 0 Å². The van der Waals surface area contributed by atoms with Crippen LogP contribution >= 0.6 is 0 Å². The standard InChI is InChI=1S/C18H31N5O3/c1-11-9-22(17(24)12-4-5-12)16-8-13(14-10-21(2)20-19-14)6-7-15(16)23(11)18(25)26-3/h11-16,19-20H,4-10H2,1-3H3/t11-,13?,14?,15?,16?/m0/s1. The minimum Gasteiger partial charge on any atom is -0.453 e. The molecular weight excluding hydrogens is 334 g/mol. The molecule has 0 bridgehead atoms. The SMILES string of the molecule is COC(=O)N1C2CCC(C3CN(C)NN3)CC2N(C(=O)C2CC2)C[C@@H]1C. The normalized spacial score (nSPS) is 38.2. The molecule has 146 valence electrons. The van der Waals surface area contributed by atoms with Crippen molar-refractivity contribution in [3.63, 3.8) is 0 Å². The molecule has 8 nitrogen and oxygen atoms in total. The van der Waals surface area contributed by atoms with Gasteiger partial charge in [-0.1, -0.05) is 0 Å². The topological polar surface area (TPSA) is 77.2 Å². The number of hydrogen-bond donors (Lipinski definition) is 2. The summed E-state index contributed by atoms with van der Waals surface area (Å²) in [4.78, 5) is 29.3. The van der Waals surface area contributed by atoms with Crippen molar-refractivity contribution in [2.75, 3.05) is 27.2 Å². The van der Waals surface area contributed by atoms with Gasteiger partial charge in [-0.15, -0.1) is 0 Å². The maximum Gasteiger partial charge on any atom is 0.410 e. The Labute approximate surface area is 155 Å². The molecule has 2 aliphatic heterocycles. The Hall–Kier alpha value is -1.38. The molecular formula is C18H31N5O3. The molecule has 4 rings (SSSR count). The van der Waals surface area contributed by atoms with Crippen LogP contribution in [0.25, 0.3) is 0 Å². The van der Waals surface area contributed by atoms with Crippen LogP contribution < -0.4 is 11.0 Å². The summed E-state index contributed by atoms with van der Waals surface area (Å²) in [6.07, 6.45) is 4.69. The average Bonchev–Trinajstić information content (AvgIpc) is 3.40.